The first kappa shape index (κ1) is 25.0. The Morgan fingerprint density at radius 3 is 2.60 bits per heavy atom. The fourth-order valence-electron chi connectivity index (χ4n) is 4.27. The Labute approximate surface area is 207 Å². The highest BCUT2D eigenvalue weighted by Gasteiger charge is 2.30. The number of rotatable bonds is 9. The number of hydrogen-bond acceptors (Lipinski definition) is 5. The molecule has 0 spiro atoms. The average molecular weight is 493 g/mol. The third-order valence-electron chi connectivity index (χ3n) is 6.42. The Hall–Kier alpha value is -3.10. The van der Waals surface area contributed by atoms with Crippen LogP contribution in [-0.2, 0) is 14.8 Å². The molecule has 0 unspecified atom stereocenters. The molecule has 184 valence electrons. The first-order valence-corrected chi connectivity index (χ1v) is 13.6. The van der Waals surface area contributed by atoms with Gasteiger partial charge >= 0.3 is 0 Å². The zero-order valence-corrected chi connectivity index (χ0v) is 20.8. The van der Waals surface area contributed by atoms with E-state index in [9.17, 15) is 13.2 Å². The smallest absolute Gasteiger partial charge is 0.241 e. The number of piperidine rings is 1. The molecule has 1 aromatic heterocycles. The molecular formula is C27H32N4O3S. The van der Waals surface area contributed by atoms with Crippen LogP contribution in [0.3, 0.4) is 0 Å². The number of hydrogen-bond donors (Lipinski definition) is 1. The Balaban J connectivity index is 1.47. The van der Waals surface area contributed by atoms with Crippen LogP contribution in [0.1, 0.15) is 39.0 Å². The number of amides is 1. The number of sulfonamides is 1. The number of pyridine rings is 1. The van der Waals surface area contributed by atoms with Gasteiger partial charge in [-0.3, -0.25) is 4.79 Å². The largest absolute Gasteiger partial charge is 0.341 e. The Bertz CT molecular complexity index is 1270. The summed E-state index contributed by atoms with van der Waals surface area (Å²) >= 11 is 0. The second kappa shape index (κ2) is 11.6. The molecule has 0 saturated carbocycles. The molecule has 1 N–H and O–H groups in total. The number of nitrogens with zero attached hydrogens (tertiary/aromatic N) is 3. The minimum absolute atomic E-state index is 0.150. The fraction of sp³-hybridized carbons (Fsp3) is 0.370. The van der Waals surface area contributed by atoms with Crippen molar-refractivity contribution in [2.24, 2.45) is 10.9 Å². The van der Waals surface area contributed by atoms with Crippen molar-refractivity contribution >= 4 is 38.7 Å². The molecule has 1 aliphatic heterocycles. The van der Waals surface area contributed by atoms with Gasteiger partial charge in [-0.1, -0.05) is 43.3 Å². The Morgan fingerprint density at radius 1 is 1.11 bits per heavy atom. The number of aliphatic imine (C=N–C) groups is 1. The summed E-state index contributed by atoms with van der Waals surface area (Å²) < 4.78 is 29.3. The van der Waals surface area contributed by atoms with E-state index in [1.807, 2.05) is 42.5 Å². The molecule has 1 aliphatic rings. The molecule has 2 aromatic carbocycles. The molecule has 0 aliphatic carbocycles. The molecule has 1 saturated heterocycles. The van der Waals surface area contributed by atoms with Crippen molar-refractivity contribution in [2.75, 3.05) is 13.1 Å². The summed E-state index contributed by atoms with van der Waals surface area (Å²) in [5.74, 6) is 1.05. The van der Waals surface area contributed by atoms with Gasteiger partial charge in [0.2, 0.25) is 15.9 Å². The number of aromatic nitrogens is 1. The lowest BCUT2D eigenvalue weighted by atomic mass is 9.98. The summed E-state index contributed by atoms with van der Waals surface area (Å²) in [6, 6.07) is 17.4. The van der Waals surface area contributed by atoms with E-state index in [4.69, 9.17) is 0 Å². The maximum Gasteiger partial charge on any atom is 0.241 e. The van der Waals surface area contributed by atoms with Crippen LogP contribution in [0.4, 0.5) is 5.82 Å². The summed E-state index contributed by atoms with van der Waals surface area (Å²) in [4.78, 5) is 23.8. The lowest BCUT2D eigenvalue weighted by Crippen LogP contribution is -2.50. The van der Waals surface area contributed by atoms with E-state index in [0.717, 1.165) is 23.6 Å². The highest BCUT2D eigenvalue weighted by molar-refractivity contribution is 7.89. The van der Waals surface area contributed by atoms with Gasteiger partial charge in [-0.05, 0) is 73.1 Å². The number of fused-ring (bicyclic) bond motifs is 1. The van der Waals surface area contributed by atoms with Crippen LogP contribution in [0.2, 0.25) is 0 Å². The highest BCUT2D eigenvalue weighted by atomic mass is 32.2. The summed E-state index contributed by atoms with van der Waals surface area (Å²) in [7, 11) is -3.87. The standard InChI is InChI=1S/C27H32N4O3S/c1-21-14-18-31(19-15-21)27(32)25(10-4-6-16-28-26-11-5-7-17-29-26)30-35(33,34)24-13-12-22-8-2-3-9-23(22)20-24/h2-3,5,7-9,11-13,16-17,20-21,25,30H,4,6,10,14-15,18-19H2,1H3/b28-16+/t25-/m0/s1. The van der Waals surface area contributed by atoms with E-state index in [1.165, 1.54) is 0 Å². The lowest BCUT2D eigenvalue weighted by Gasteiger charge is -2.33. The number of nitrogens with one attached hydrogen (secondary N) is 1. The van der Waals surface area contributed by atoms with E-state index >= 15 is 0 Å². The van der Waals surface area contributed by atoms with Crippen LogP contribution in [-0.4, -0.2) is 49.6 Å². The van der Waals surface area contributed by atoms with Gasteiger partial charge in [0.15, 0.2) is 5.82 Å². The highest BCUT2D eigenvalue weighted by Crippen LogP contribution is 2.21. The normalized spacial score (nSPS) is 16.1. The molecule has 0 radical (unpaired) electrons. The quantitative estimate of drug-likeness (QED) is 0.346. The van der Waals surface area contributed by atoms with Crippen molar-refractivity contribution in [1.29, 1.82) is 0 Å². The number of unbranched alkanes of at least 4 members (excludes halogenated alkanes) is 1. The summed E-state index contributed by atoms with van der Waals surface area (Å²) in [6.07, 6.45) is 6.96. The van der Waals surface area contributed by atoms with Crippen molar-refractivity contribution in [3.63, 3.8) is 0 Å². The SMILES string of the molecule is CC1CCN(C(=O)[C@H](CCC/C=N/c2ccccn2)NS(=O)(=O)c2ccc3ccccc3c2)CC1. The van der Waals surface area contributed by atoms with Gasteiger partial charge in [0.25, 0.3) is 0 Å². The Kier molecular flexibility index (Phi) is 8.25. The van der Waals surface area contributed by atoms with Crippen LogP contribution in [0.25, 0.3) is 10.8 Å². The maximum atomic E-state index is 13.4. The zero-order chi connectivity index (χ0) is 24.7. The maximum absolute atomic E-state index is 13.4. The van der Waals surface area contributed by atoms with E-state index in [-0.39, 0.29) is 10.8 Å². The van der Waals surface area contributed by atoms with E-state index in [2.05, 4.69) is 21.6 Å². The molecule has 35 heavy (non-hydrogen) atoms. The number of carbonyl (C=O) groups is 1. The molecule has 3 aromatic rings. The van der Waals surface area contributed by atoms with Gasteiger partial charge in [-0.15, -0.1) is 0 Å². The summed E-state index contributed by atoms with van der Waals surface area (Å²) in [5.41, 5.74) is 0. The van der Waals surface area contributed by atoms with Crippen LogP contribution < -0.4 is 4.72 Å². The van der Waals surface area contributed by atoms with Crippen LogP contribution in [0, 0.1) is 5.92 Å². The van der Waals surface area contributed by atoms with Gasteiger partial charge in [-0.25, -0.2) is 18.4 Å². The molecule has 1 amide bonds. The third kappa shape index (κ3) is 6.74. The first-order chi connectivity index (χ1) is 16.9. The predicted octanol–water partition coefficient (Wildman–Crippen LogP) is 4.71. The molecule has 1 fully saturated rings. The molecule has 8 heteroatoms. The Morgan fingerprint density at radius 2 is 1.86 bits per heavy atom. The molecule has 4 rings (SSSR count). The van der Waals surface area contributed by atoms with E-state index < -0.39 is 16.1 Å². The minimum Gasteiger partial charge on any atom is -0.341 e. The monoisotopic (exact) mass is 492 g/mol. The summed E-state index contributed by atoms with van der Waals surface area (Å²) in [5, 5.41) is 1.81. The van der Waals surface area contributed by atoms with Crippen molar-refractivity contribution in [3.8, 4) is 0 Å². The third-order valence-corrected chi connectivity index (χ3v) is 7.89. The van der Waals surface area contributed by atoms with Gasteiger partial charge < -0.3 is 4.90 Å². The van der Waals surface area contributed by atoms with E-state index in [1.54, 1.807) is 35.5 Å². The molecular weight excluding hydrogens is 460 g/mol. The van der Waals surface area contributed by atoms with Gasteiger partial charge in [0.1, 0.15) is 6.04 Å². The molecule has 2 heterocycles. The zero-order valence-electron chi connectivity index (χ0n) is 20.0. The van der Waals surface area contributed by atoms with Crippen molar-refractivity contribution in [3.05, 3.63) is 66.9 Å². The van der Waals surface area contributed by atoms with Gasteiger partial charge in [0, 0.05) is 25.5 Å². The van der Waals surface area contributed by atoms with Crippen LogP contribution in [0.15, 0.2) is 76.7 Å². The average Bonchev–Trinajstić information content (AvgIpc) is 2.88. The van der Waals surface area contributed by atoms with Crippen molar-refractivity contribution in [2.45, 2.75) is 50.0 Å². The first-order valence-electron chi connectivity index (χ1n) is 12.2. The topological polar surface area (TPSA) is 91.7 Å². The van der Waals surface area contributed by atoms with Gasteiger partial charge in [-0.2, -0.15) is 4.72 Å². The van der Waals surface area contributed by atoms with Crippen LogP contribution in [0.5, 0.6) is 0 Å². The van der Waals surface area contributed by atoms with Crippen molar-refractivity contribution < 1.29 is 13.2 Å². The predicted molar refractivity (Wildman–Crippen MR) is 139 cm³/mol. The molecule has 0 bridgehead atoms. The molecule has 1 atom stereocenters. The molecule has 7 nitrogen and oxygen atoms in total. The number of carbonyl (C=O) groups excluding carboxylic acids is 1. The van der Waals surface area contributed by atoms with Crippen LogP contribution >= 0.6 is 0 Å². The second-order valence-electron chi connectivity index (χ2n) is 9.12. The van der Waals surface area contributed by atoms with E-state index in [0.29, 0.717) is 44.1 Å². The minimum atomic E-state index is -3.87. The lowest BCUT2D eigenvalue weighted by molar-refractivity contribution is -0.134. The number of benzene rings is 2. The fourth-order valence-corrected chi connectivity index (χ4v) is 5.53. The second-order valence-corrected chi connectivity index (χ2v) is 10.8. The van der Waals surface area contributed by atoms with Gasteiger partial charge in [0.05, 0.1) is 4.90 Å². The number of likely N-dealkylation sites (tertiary alicyclic amines) is 1. The van der Waals surface area contributed by atoms with Crippen molar-refractivity contribution in [1.82, 2.24) is 14.6 Å². The summed E-state index contributed by atoms with van der Waals surface area (Å²) in [6.45, 7) is 3.51.